The predicted molar refractivity (Wildman–Crippen MR) is 63.0 cm³/mol. The van der Waals surface area contributed by atoms with Crippen LogP contribution in [0.15, 0.2) is 4.99 Å². The molecule has 0 bridgehead atoms. The summed E-state index contributed by atoms with van der Waals surface area (Å²) in [6.07, 6.45) is 3.65. The van der Waals surface area contributed by atoms with Crippen LogP contribution in [0.4, 0.5) is 0 Å². The van der Waals surface area contributed by atoms with Gasteiger partial charge in [0.1, 0.15) is 5.60 Å². The summed E-state index contributed by atoms with van der Waals surface area (Å²) in [5.74, 6) is 0. The van der Waals surface area contributed by atoms with E-state index in [-0.39, 0.29) is 43.8 Å². The Labute approximate surface area is 125 Å². The second-order valence-corrected chi connectivity index (χ2v) is 4.34. The second-order valence-electron chi connectivity index (χ2n) is 4.34. The van der Waals surface area contributed by atoms with Crippen LogP contribution < -0.4 is 0 Å². The van der Waals surface area contributed by atoms with Crippen molar-refractivity contribution in [1.29, 1.82) is 0 Å². The predicted octanol–water partition coefficient (Wildman–Crippen LogP) is 3.19. The summed E-state index contributed by atoms with van der Waals surface area (Å²) in [6, 6.07) is 0.273. The first-order valence-corrected chi connectivity index (χ1v) is 5.73. The van der Waals surface area contributed by atoms with E-state index in [0.717, 1.165) is 31.4 Å². The van der Waals surface area contributed by atoms with Crippen LogP contribution in [0.25, 0.3) is 0 Å². The zero-order valence-corrected chi connectivity index (χ0v) is 12.5. The molecule has 0 aromatic rings. The molecule has 0 amide bonds. The minimum Gasteiger partial charge on any atom is -0.384 e. The quantitative estimate of drug-likeness (QED) is 0.570. The Bertz CT molecular complexity index is 184. The molecule has 0 aromatic heterocycles. The van der Waals surface area contributed by atoms with Crippen molar-refractivity contribution < 1.29 is 42.8 Å². The first kappa shape index (κ1) is 18.3. The number of hydrogen-bond acceptors (Lipinski definition) is 2. The Balaban J connectivity index is 0. The van der Waals surface area contributed by atoms with Crippen LogP contribution >= 0.6 is 0 Å². The smallest absolute Gasteiger partial charge is 0.102 e. The van der Waals surface area contributed by atoms with Gasteiger partial charge in [-0.3, -0.25) is 4.99 Å². The number of nitrogens with zero attached hydrogens (tertiary/aromatic N) is 1. The normalized spacial score (nSPS) is 12.9. The van der Waals surface area contributed by atoms with Crippen molar-refractivity contribution >= 4 is 5.71 Å². The Morgan fingerprint density at radius 2 is 1.60 bits per heavy atom. The molecule has 0 fully saturated rings. The molecule has 0 saturated heterocycles. The summed E-state index contributed by atoms with van der Waals surface area (Å²) in [5.41, 5.74) is 0.240. The SMILES string of the molecule is CCCC(O)(CCC)C(C)=NC(C)C.[Ho]. The molecule has 2 nitrogen and oxygen atoms in total. The van der Waals surface area contributed by atoms with E-state index in [9.17, 15) is 5.11 Å². The van der Waals surface area contributed by atoms with Crippen molar-refractivity contribution in [2.24, 2.45) is 4.99 Å². The molecule has 0 aliphatic rings. The van der Waals surface area contributed by atoms with Crippen molar-refractivity contribution in [2.75, 3.05) is 0 Å². The Hall–Kier alpha value is 0.890. The summed E-state index contributed by atoms with van der Waals surface area (Å²) < 4.78 is 0. The third kappa shape index (κ3) is 6.93. The molecule has 0 aliphatic carbocycles. The number of aliphatic hydroxyl groups is 1. The molecule has 15 heavy (non-hydrogen) atoms. The molecule has 0 heterocycles. The zero-order chi connectivity index (χ0) is 11.2. The molecular weight excluding hydrogens is 339 g/mol. The largest absolute Gasteiger partial charge is 0.384 e. The Morgan fingerprint density at radius 3 is 1.87 bits per heavy atom. The van der Waals surface area contributed by atoms with Crippen LogP contribution in [0.3, 0.4) is 0 Å². The monoisotopic (exact) mass is 364 g/mol. The van der Waals surface area contributed by atoms with E-state index in [1.54, 1.807) is 0 Å². The topological polar surface area (TPSA) is 32.6 Å². The third-order valence-corrected chi connectivity index (χ3v) is 2.45. The van der Waals surface area contributed by atoms with Crippen LogP contribution in [-0.4, -0.2) is 22.5 Å². The first-order chi connectivity index (χ1) is 6.46. The van der Waals surface area contributed by atoms with Gasteiger partial charge in [-0.25, -0.2) is 0 Å². The van der Waals surface area contributed by atoms with E-state index in [2.05, 4.69) is 18.8 Å². The van der Waals surface area contributed by atoms with Crippen LogP contribution in [0.2, 0.25) is 0 Å². The molecule has 1 radical (unpaired) electrons. The van der Waals surface area contributed by atoms with Crippen molar-refractivity contribution in [1.82, 2.24) is 0 Å². The third-order valence-electron chi connectivity index (χ3n) is 2.45. The fourth-order valence-electron chi connectivity index (χ4n) is 1.82. The average Bonchev–Trinajstić information content (AvgIpc) is 2.03. The molecule has 0 atom stereocenters. The molecule has 0 aliphatic heterocycles. The summed E-state index contributed by atoms with van der Waals surface area (Å²) in [6.45, 7) is 10.2. The first-order valence-electron chi connectivity index (χ1n) is 5.73. The fourth-order valence-corrected chi connectivity index (χ4v) is 1.82. The molecule has 0 saturated carbocycles. The molecule has 0 rings (SSSR count). The van der Waals surface area contributed by atoms with Crippen LogP contribution in [-0.2, 0) is 0 Å². The van der Waals surface area contributed by atoms with Crippen molar-refractivity contribution in [3.63, 3.8) is 0 Å². The minimum atomic E-state index is -0.659. The molecule has 0 unspecified atom stereocenters. The van der Waals surface area contributed by atoms with Gasteiger partial charge in [0.15, 0.2) is 0 Å². The maximum atomic E-state index is 10.4. The van der Waals surface area contributed by atoms with Crippen LogP contribution in [0.1, 0.15) is 60.3 Å². The number of rotatable bonds is 6. The van der Waals surface area contributed by atoms with Crippen LogP contribution in [0, 0.1) is 37.7 Å². The van der Waals surface area contributed by atoms with Crippen molar-refractivity contribution in [3.8, 4) is 0 Å². The second kappa shape index (κ2) is 8.98. The van der Waals surface area contributed by atoms with Crippen molar-refractivity contribution in [3.05, 3.63) is 0 Å². The van der Waals surface area contributed by atoms with E-state index in [4.69, 9.17) is 0 Å². The van der Waals surface area contributed by atoms with Gasteiger partial charge in [-0.2, -0.15) is 0 Å². The number of aliphatic imine (C=N–C) groups is 1. The maximum absolute atomic E-state index is 10.4. The summed E-state index contributed by atoms with van der Waals surface area (Å²) >= 11 is 0. The van der Waals surface area contributed by atoms with E-state index in [1.807, 2.05) is 20.8 Å². The maximum Gasteiger partial charge on any atom is 0.102 e. The van der Waals surface area contributed by atoms with Crippen molar-refractivity contribution in [2.45, 2.75) is 71.9 Å². The molecule has 0 aromatic carbocycles. The van der Waals surface area contributed by atoms with E-state index >= 15 is 0 Å². The Morgan fingerprint density at radius 1 is 1.20 bits per heavy atom. The van der Waals surface area contributed by atoms with Gasteiger partial charge in [0, 0.05) is 49.5 Å². The van der Waals surface area contributed by atoms with E-state index in [0.29, 0.717) is 0 Å². The molecule has 1 N–H and O–H groups in total. The van der Waals surface area contributed by atoms with Gasteiger partial charge in [0.2, 0.25) is 0 Å². The summed E-state index contributed by atoms with van der Waals surface area (Å²) in [4.78, 5) is 4.45. The molecular formula is C12H25HoNO. The average molecular weight is 364 g/mol. The van der Waals surface area contributed by atoms with Gasteiger partial charge in [-0.05, 0) is 33.6 Å². The summed E-state index contributed by atoms with van der Waals surface area (Å²) in [5, 5.41) is 10.4. The van der Waals surface area contributed by atoms with E-state index in [1.165, 1.54) is 0 Å². The zero-order valence-electron chi connectivity index (χ0n) is 10.6. The van der Waals surface area contributed by atoms with Gasteiger partial charge >= 0.3 is 0 Å². The van der Waals surface area contributed by atoms with Gasteiger partial charge < -0.3 is 5.11 Å². The van der Waals surface area contributed by atoms with E-state index < -0.39 is 5.60 Å². The van der Waals surface area contributed by atoms with Crippen LogP contribution in [0.5, 0.6) is 0 Å². The van der Waals surface area contributed by atoms with Gasteiger partial charge in [-0.15, -0.1) is 0 Å². The van der Waals surface area contributed by atoms with Gasteiger partial charge in [0.05, 0.1) is 0 Å². The summed E-state index contributed by atoms with van der Waals surface area (Å²) in [7, 11) is 0. The minimum absolute atomic E-state index is 0. The number of hydrogen-bond donors (Lipinski definition) is 1. The van der Waals surface area contributed by atoms with Gasteiger partial charge in [-0.1, -0.05) is 26.7 Å². The molecule has 95 valence electrons. The van der Waals surface area contributed by atoms with Gasteiger partial charge in [0.25, 0.3) is 0 Å². The molecule has 0 spiro atoms. The fraction of sp³-hybridized carbons (Fsp3) is 0.917. The Kier molecular flexibility index (Phi) is 10.9. The molecule has 3 heteroatoms. The standard InChI is InChI=1S/C12H25NO.Ho/c1-6-8-12(14,9-7-2)11(5)13-10(3)4;/h10,14H,6-9H2,1-5H3;.